The van der Waals surface area contributed by atoms with E-state index in [1.807, 2.05) is 0 Å². The average molecular weight is 184 g/mol. The van der Waals surface area contributed by atoms with Crippen molar-refractivity contribution >= 4 is 11.3 Å². The van der Waals surface area contributed by atoms with Gasteiger partial charge in [-0.3, -0.25) is 0 Å². The Balaban J connectivity index is 2.27. The third-order valence-electron chi connectivity index (χ3n) is 2.25. The lowest BCUT2D eigenvalue weighted by atomic mass is 10.0. The van der Waals surface area contributed by atoms with Gasteiger partial charge in [0.2, 0.25) is 0 Å². The summed E-state index contributed by atoms with van der Waals surface area (Å²) in [6.07, 6.45) is 0. The van der Waals surface area contributed by atoms with Gasteiger partial charge in [-0.25, -0.2) is 0 Å². The van der Waals surface area contributed by atoms with Gasteiger partial charge >= 0.3 is 0 Å². The van der Waals surface area contributed by atoms with Gasteiger partial charge in [-0.1, -0.05) is 0 Å². The number of ether oxygens (including phenoxy) is 2. The van der Waals surface area contributed by atoms with Gasteiger partial charge in [0.05, 0.1) is 13.2 Å². The van der Waals surface area contributed by atoms with E-state index >= 15 is 0 Å². The van der Waals surface area contributed by atoms with Crippen molar-refractivity contribution in [3.8, 4) is 0 Å². The van der Waals surface area contributed by atoms with Crippen molar-refractivity contribution in [2.45, 2.75) is 12.5 Å². The smallest absolute Gasteiger partial charge is 0.148 e. The van der Waals surface area contributed by atoms with Crippen molar-refractivity contribution in [3.63, 3.8) is 0 Å². The molecule has 1 saturated heterocycles. The second-order valence-corrected chi connectivity index (χ2v) is 4.39. The van der Waals surface area contributed by atoms with E-state index in [1.54, 1.807) is 18.4 Å². The highest BCUT2D eigenvalue weighted by Crippen LogP contribution is 2.36. The Bertz CT molecular complexity index is 270. The molecular formula is C9H12O2S. The molecule has 0 radical (unpaired) electrons. The van der Waals surface area contributed by atoms with Crippen LogP contribution in [0.2, 0.25) is 0 Å². The average Bonchev–Trinajstić information content (AvgIpc) is 2.35. The number of hydrogen-bond donors (Lipinski definition) is 0. The van der Waals surface area contributed by atoms with E-state index in [0.717, 1.165) is 0 Å². The summed E-state index contributed by atoms with van der Waals surface area (Å²) in [6.45, 7) is 3.50. The van der Waals surface area contributed by atoms with E-state index in [1.165, 1.54) is 9.75 Å². The monoisotopic (exact) mass is 184 g/mol. The molecule has 3 heteroatoms. The Morgan fingerprint density at radius 3 is 2.58 bits per heavy atom. The van der Waals surface area contributed by atoms with Crippen LogP contribution in [0.25, 0.3) is 0 Å². The van der Waals surface area contributed by atoms with Crippen molar-refractivity contribution < 1.29 is 9.47 Å². The van der Waals surface area contributed by atoms with E-state index in [2.05, 4.69) is 19.1 Å². The zero-order valence-electron chi connectivity index (χ0n) is 7.29. The first kappa shape index (κ1) is 8.23. The lowest BCUT2D eigenvalue weighted by Gasteiger charge is -2.39. The van der Waals surface area contributed by atoms with Crippen molar-refractivity contribution in [2.24, 2.45) is 0 Å². The first-order valence-corrected chi connectivity index (χ1v) is 4.78. The van der Waals surface area contributed by atoms with Crippen LogP contribution in [0.4, 0.5) is 0 Å². The topological polar surface area (TPSA) is 18.5 Å². The van der Waals surface area contributed by atoms with Crippen LogP contribution in [0, 0.1) is 6.92 Å². The van der Waals surface area contributed by atoms with E-state index in [4.69, 9.17) is 9.47 Å². The zero-order valence-corrected chi connectivity index (χ0v) is 8.11. The molecule has 1 aromatic heterocycles. The van der Waals surface area contributed by atoms with Gasteiger partial charge in [0.15, 0.2) is 0 Å². The van der Waals surface area contributed by atoms with Crippen molar-refractivity contribution in [1.29, 1.82) is 0 Å². The van der Waals surface area contributed by atoms with Crippen molar-refractivity contribution in [3.05, 3.63) is 21.9 Å². The van der Waals surface area contributed by atoms with Crippen LogP contribution < -0.4 is 0 Å². The highest BCUT2D eigenvalue weighted by atomic mass is 32.1. The maximum atomic E-state index is 5.46. The van der Waals surface area contributed by atoms with Gasteiger partial charge in [0, 0.05) is 16.9 Å². The molecule has 0 unspecified atom stereocenters. The maximum absolute atomic E-state index is 5.46. The Kier molecular flexibility index (Phi) is 1.94. The Hall–Kier alpha value is -0.380. The van der Waals surface area contributed by atoms with Crippen LogP contribution in [0.3, 0.4) is 0 Å². The molecule has 2 nitrogen and oxygen atoms in total. The summed E-state index contributed by atoms with van der Waals surface area (Å²) in [7, 11) is 1.75. The first-order valence-electron chi connectivity index (χ1n) is 3.97. The predicted molar refractivity (Wildman–Crippen MR) is 48.6 cm³/mol. The van der Waals surface area contributed by atoms with E-state index in [0.29, 0.717) is 13.2 Å². The van der Waals surface area contributed by atoms with Crippen LogP contribution in [0.5, 0.6) is 0 Å². The molecule has 0 bridgehead atoms. The molecule has 66 valence electrons. The predicted octanol–water partition coefficient (Wildman–Crippen LogP) is 1.93. The third-order valence-corrected chi connectivity index (χ3v) is 3.44. The maximum Gasteiger partial charge on any atom is 0.148 e. The van der Waals surface area contributed by atoms with Crippen LogP contribution in [0.1, 0.15) is 9.75 Å². The van der Waals surface area contributed by atoms with Gasteiger partial charge in [-0.2, -0.15) is 0 Å². The number of hydrogen-bond acceptors (Lipinski definition) is 3. The molecule has 0 saturated carbocycles. The number of rotatable bonds is 2. The molecule has 2 heterocycles. The molecule has 0 spiro atoms. The van der Waals surface area contributed by atoms with Crippen LogP contribution >= 0.6 is 11.3 Å². The fraction of sp³-hybridized carbons (Fsp3) is 0.556. The normalized spacial score (nSPS) is 20.5. The molecule has 1 fully saturated rings. The molecule has 0 amide bonds. The molecular weight excluding hydrogens is 172 g/mol. The van der Waals surface area contributed by atoms with Gasteiger partial charge in [-0.05, 0) is 19.1 Å². The second-order valence-electron chi connectivity index (χ2n) is 3.10. The van der Waals surface area contributed by atoms with Crippen molar-refractivity contribution in [1.82, 2.24) is 0 Å². The van der Waals surface area contributed by atoms with Crippen LogP contribution in [-0.4, -0.2) is 20.3 Å². The number of thiophene rings is 1. The summed E-state index contributed by atoms with van der Waals surface area (Å²) in [5, 5.41) is 0. The molecule has 2 rings (SSSR count). The summed E-state index contributed by atoms with van der Waals surface area (Å²) in [5.41, 5.74) is -0.126. The zero-order chi connectivity index (χ0) is 8.60. The first-order chi connectivity index (χ1) is 5.77. The minimum absolute atomic E-state index is 0.126. The van der Waals surface area contributed by atoms with E-state index in [-0.39, 0.29) is 5.60 Å². The molecule has 1 aliphatic rings. The van der Waals surface area contributed by atoms with Gasteiger partial charge in [0.1, 0.15) is 5.60 Å². The largest absolute Gasteiger partial charge is 0.374 e. The van der Waals surface area contributed by atoms with E-state index in [9.17, 15) is 0 Å². The lowest BCUT2D eigenvalue weighted by Crippen LogP contribution is -2.47. The molecule has 12 heavy (non-hydrogen) atoms. The molecule has 1 aromatic rings. The summed E-state index contributed by atoms with van der Waals surface area (Å²) in [5.74, 6) is 0. The molecule has 0 N–H and O–H groups in total. The fourth-order valence-electron chi connectivity index (χ4n) is 1.33. The quantitative estimate of drug-likeness (QED) is 0.699. The summed E-state index contributed by atoms with van der Waals surface area (Å²) in [6, 6.07) is 4.26. The van der Waals surface area contributed by atoms with Crippen LogP contribution in [0.15, 0.2) is 12.1 Å². The van der Waals surface area contributed by atoms with Gasteiger partial charge in [0.25, 0.3) is 0 Å². The Labute approximate surface area is 76.1 Å². The Morgan fingerprint density at radius 1 is 1.50 bits per heavy atom. The van der Waals surface area contributed by atoms with Crippen molar-refractivity contribution in [2.75, 3.05) is 20.3 Å². The molecule has 1 aliphatic heterocycles. The highest BCUT2D eigenvalue weighted by Gasteiger charge is 2.41. The Morgan fingerprint density at radius 2 is 2.25 bits per heavy atom. The van der Waals surface area contributed by atoms with E-state index < -0.39 is 0 Å². The molecule has 0 aromatic carbocycles. The third kappa shape index (κ3) is 1.09. The summed E-state index contributed by atoms with van der Waals surface area (Å²) < 4.78 is 10.6. The highest BCUT2D eigenvalue weighted by molar-refractivity contribution is 7.12. The SMILES string of the molecule is COC1(c2ccc(C)s2)COC1. The molecule has 0 aliphatic carbocycles. The second kappa shape index (κ2) is 2.83. The number of methoxy groups -OCH3 is 1. The number of aryl methyl sites for hydroxylation is 1. The molecule has 0 atom stereocenters. The minimum Gasteiger partial charge on any atom is -0.374 e. The van der Waals surface area contributed by atoms with Crippen LogP contribution in [-0.2, 0) is 15.1 Å². The fourth-order valence-corrected chi connectivity index (χ4v) is 2.33. The minimum atomic E-state index is -0.126. The summed E-state index contributed by atoms with van der Waals surface area (Å²) in [4.78, 5) is 2.61. The lowest BCUT2D eigenvalue weighted by molar-refractivity contribution is -0.200. The van der Waals surface area contributed by atoms with Gasteiger partial charge < -0.3 is 9.47 Å². The standard InChI is InChI=1S/C9H12O2S/c1-7-3-4-8(12-7)9(10-2)5-11-6-9/h3-4H,5-6H2,1-2H3. The summed E-state index contributed by atoms with van der Waals surface area (Å²) >= 11 is 1.79. The van der Waals surface area contributed by atoms with Gasteiger partial charge in [-0.15, -0.1) is 11.3 Å².